The largest absolute Gasteiger partial charge is 0.379 e. The molecule has 2 heterocycles. The summed E-state index contributed by atoms with van der Waals surface area (Å²) in [6.45, 7) is 17.2. The summed E-state index contributed by atoms with van der Waals surface area (Å²) in [6.07, 6.45) is 2.65. The molecule has 0 aromatic heterocycles. The molecule has 1 unspecified atom stereocenters. The summed E-state index contributed by atoms with van der Waals surface area (Å²) in [5.74, 6) is 1.78. The van der Waals surface area contributed by atoms with E-state index in [4.69, 9.17) is 4.74 Å². The molecule has 0 radical (unpaired) electrons. The van der Waals surface area contributed by atoms with Crippen LogP contribution in [-0.4, -0.2) is 86.9 Å². The molecule has 0 spiro atoms. The van der Waals surface area contributed by atoms with Crippen molar-refractivity contribution < 1.29 is 4.74 Å². The highest BCUT2D eigenvalue weighted by Gasteiger charge is 2.28. The van der Waals surface area contributed by atoms with Crippen LogP contribution in [0.1, 0.15) is 40.5 Å². The number of likely N-dealkylation sites (tertiary alicyclic amines) is 1. The zero-order valence-corrected chi connectivity index (χ0v) is 19.7. The van der Waals surface area contributed by atoms with Gasteiger partial charge in [0.1, 0.15) is 0 Å². The van der Waals surface area contributed by atoms with Crippen molar-refractivity contribution in [2.24, 2.45) is 10.9 Å². The quantitative estimate of drug-likeness (QED) is 0.346. The fourth-order valence-corrected chi connectivity index (χ4v) is 3.64. The number of rotatable bonds is 6. The van der Waals surface area contributed by atoms with Gasteiger partial charge in [0.15, 0.2) is 5.96 Å². The van der Waals surface area contributed by atoms with Crippen molar-refractivity contribution in [3.63, 3.8) is 0 Å². The Kier molecular flexibility index (Phi) is 10.7. The van der Waals surface area contributed by atoms with Crippen LogP contribution < -0.4 is 10.6 Å². The fraction of sp³-hybridized carbons (Fsp3) is 0.947. The summed E-state index contributed by atoms with van der Waals surface area (Å²) >= 11 is 0. The van der Waals surface area contributed by atoms with E-state index >= 15 is 0 Å². The number of piperidine rings is 1. The molecule has 2 rings (SSSR count). The van der Waals surface area contributed by atoms with Gasteiger partial charge in [-0.25, -0.2) is 0 Å². The number of guanidine groups is 1. The third-order valence-electron chi connectivity index (χ3n) is 5.79. The third-order valence-corrected chi connectivity index (χ3v) is 5.79. The van der Waals surface area contributed by atoms with Gasteiger partial charge < -0.3 is 15.4 Å². The Morgan fingerprint density at radius 1 is 1.15 bits per heavy atom. The van der Waals surface area contributed by atoms with E-state index in [1.54, 1.807) is 0 Å². The molecule has 2 saturated heterocycles. The van der Waals surface area contributed by atoms with E-state index in [0.717, 1.165) is 51.3 Å². The average molecular weight is 481 g/mol. The molecule has 2 aliphatic heterocycles. The maximum atomic E-state index is 5.47. The lowest BCUT2D eigenvalue weighted by atomic mass is 9.98. The lowest BCUT2D eigenvalue weighted by Crippen LogP contribution is -2.57. The minimum atomic E-state index is 0. The van der Waals surface area contributed by atoms with Crippen molar-refractivity contribution in [2.75, 3.05) is 59.5 Å². The van der Waals surface area contributed by atoms with Gasteiger partial charge in [0.2, 0.25) is 0 Å². The lowest BCUT2D eigenvalue weighted by Gasteiger charge is -2.41. The Balaban J connectivity index is 0.00000338. The van der Waals surface area contributed by atoms with Crippen LogP contribution in [0.3, 0.4) is 0 Å². The number of hydrogen-bond acceptors (Lipinski definition) is 4. The molecule has 2 fully saturated rings. The molecular formula is C19H40IN5O. The van der Waals surface area contributed by atoms with Crippen LogP contribution in [-0.2, 0) is 4.74 Å². The Morgan fingerprint density at radius 3 is 2.35 bits per heavy atom. The molecule has 0 bridgehead atoms. The number of hydrogen-bond donors (Lipinski definition) is 2. The highest BCUT2D eigenvalue weighted by Crippen LogP contribution is 2.18. The van der Waals surface area contributed by atoms with Crippen LogP contribution in [0.4, 0.5) is 0 Å². The fourth-order valence-electron chi connectivity index (χ4n) is 3.64. The molecule has 7 heteroatoms. The second-order valence-corrected chi connectivity index (χ2v) is 8.29. The van der Waals surface area contributed by atoms with Crippen molar-refractivity contribution in [3.8, 4) is 0 Å². The van der Waals surface area contributed by atoms with E-state index in [2.05, 4.69) is 53.1 Å². The van der Waals surface area contributed by atoms with Crippen LogP contribution in [0.25, 0.3) is 0 Å². The third kappa shape index (κ3) is 7.48. The molecule has 0 aliphatic carbocycles. The second kappa shape index (κ2) is 11.7. The predicted molar refractivity (Wildman–Crippen MR) is 121 cm³/mol. The topological polar surface area (TPSA) is 52.1 Å². The van der Waals surface area contributed by atoms with Crippen LogP contribution in [0.2, 0.25) is 0 Å². The lowest BCUT2D eigenvalue weighted by molar-refractivity contribution is -0.00834. The van der Waals surface area contributed by atoms with Gasteiger partial charge in [-0.15, -0.1) is 24.0 Å². The summed E-state index contributed by atoms with van der Waals surface area (Å²) in [6, 6.07) is 0.540. The van der Waals surface area contributed by atoms with Gasteiger partial charge in [0, 0.05) is 44.8 Å². The maximum absolute atomic E-state index is 5.47. The van der Waals surface area contributed by atoms with Gasteiger partial charge in [-0.1, -0.05) is 6.92 Å². The van der Waals surface area contributed by atoms with E-state index in [1.165, 1.54) is 25.9 Å². The molecular weight excluding hydrogens is 441 g/mol. The van der Waals surface area contributed by atoms with Crippen LogP contribution in [0, 0.1) is 5.92 Å². The summed E-state index contributed by atoms with van der Waals surface area (Å²) in [5, 5.41) is 7.02. The van der Waals surface area contributed by atoms with E-state index in [1.807, 2.05) is 7.05 Å². The molecule has 0 aromatic carbocycles. The summed E-state index contributed by atoms with van der Waals surface area (Å²) in [4.78, 5) is 9.49. The summed E-state index contributed by atoms with van der Waals surface area (Å²) < 4.78 is 5.47. The second-order valence-electron chi connectivity index (χ2n) is 8.29. The summed E-state index contributed by atoms with van der Waals surface area (Å²) in [7, 11) is 1.85. The van der Waals surface area contributed by atoms with Crippen LogP contribution >= 0.6 is 24.0 Å². The van der Waals surface area contributed by atoms with E-state index in [-0.39, 0.29) is 29.5 Å². The SMILES string of the molecule is CN=C(NCC(C)N1CCC(C)CC1)NCC(C)(C)N1CCOCC1.I. The monoisotopic (exact) mass is 481 g/mol. The predicted octanol–water partition coefficient (Wildman–Crippen LogP) is 2.00. The average Bonchev–Trinajstić information content (AvgIpc) is 2.63. The van der Waals surface area contributed by atoms with Crippen molar-refractivity contribution >= 4 is 29.9 Å². The normalized spacial score (nSPS) is 22.6. The molecule has 2 aliphatic rings. The Morgan fingerprint density at radius 2 is 1.77 bits per heavy atom. The van der Waals surface area contributed by atoms with Gasteiger partial charge in [-0.2, -0.15) is 0 Å². The zero-order valence-electron chi connectivity index (χ0n) is 17.4. The molecule has 26 heavy (non-hydrogen) atoms. The van der Waals surface area contributed by atoms with E-state index < -0.39 is 0 Å². The first-order valence-corrected chi connectivity index (χ1v) is 9.93. The van der Waals surface area contributed by atoms with Crippen molar-refractivity contribution in [1.29, 1.82) is 0 Å². The zero-order chi connectivity index (χ0) is 18.3. The van der Waals surface area contributed by atoms with Crippen LogP contribution in [0.15, 0.2) is 4.99 Å². The Hall–Kier alpha value is -0.120. The minimum absolute atomic E-state index is 0. The number of ether oxygens (including phenoxy) is 1. The number of nitrogens with zero attached hydrogens (tertiary/aromatic N) is 3. The van der Waals surface area contributed by atoms with E-state index in [9.17, 15) is 0 Å². The first-order valence-electron chi connectivity index (χ1n) is 9.93. The van der Waals surface area contributed by atoms with Gasteiger partial charge >= 0.3 is 0 Å². The van der Waals surface area contributed by atoms with Gasteiger partial charge in [-0.05, 0) is 52.6 Å². The number of aliphatic imine (C=N–C) groups is 1. The first-order chi connectivity index (χ1) is 11.9. The smallest absolute Gasteiger partial charge is 0.191 e. The van der Waals surface area contributed by atoms with Crippen LogP contribution in [0.5, 0.6) is 0 Å². The number of morpholine rings is 1. The minimum Gasteiger partial charge on any atom is -0.379 e. The highest BCUT2D eigenvalue weighted by atomic mass is 127. The van der Waals surface area contributed by atoms with Crippen molar-refractivity contribution in [2.45, 2.75) is 52.1 Å². The van der Waals surface area contributed by atoms with Crippen molar-refractivity contribution in [1.82, 2.24) is 20.4 Å². The highest BCUT2D eigenvalue weighted by molar-refractivity contribution is 14.0. The Bertz CT molecular complexity index is 418. The molecule has 0 amide bonds. The molecule has 154 valence electrons. The molecule has 2 N–H and O–H groups in total. The molecule has 0 saturated carbocycles. The standard InChI is InChI=1S/C19H39N5O.HI/c1-16-6-8-23(9-7-16)17(2)14-21-18(20-5)22-15-19(3,4)24-10-12-25-13-11-24;/h16-17H,6-15H2,1-5H3,(H2,20,21,22);1H. The molecule has 6 nitrogen and oxygen atoms in total. The summed E-state index contributed by atoms with van der Waals surface area (Å²) in [5.41, 5.74) is 0.0933. The molecule has 1 atom stereocenters. The number of nitrogens with one attached hydrogen (secondary N) is 2. The van der Waals surface area contributed by atoms with Crippen molar-refractivity contribution in [3.05, 3.63) is 0 Å². The maximum Gasteiger partial charge on any atom is 0.191 e. The van der Waals surface area contributed by atoms with Gasteiger partial charge in [-0.3, -0.25) is 14.8 Å². The first kappa shape index (κ1) is 23.9. The Labute approximate surface area is 177 Å². The number of halogens is 1. The van der Waals surface area contributed by atoms with E-state index in [0.29, 0.717) is 6.04 Å². The van der Waals surface area contributed by atoms with Gasteiger partial charge in [0.05, 0.1) is 13.2 Å². The molecule has 0 aromatic rings. The van der Waals surface area contributed by atoms with Gasteiger partial charge in [0.25, 0.3) is 0 Å².